The molecule has 0 rings (SSSR count). The van der Waals surface area contributed by atoms with Crippen LogP contribution in [0.4, 0.5) is 4.39 Å². The van der Waals surface area contributed by atoms with E-state index in [1.54, 1.807) is 6.08 Å². The lowest BCUT2D eigenvalue weighted by Crippen LogP contribution is -2.15. The fraction of sp³-hybridized carbons (Fsp3) is 0.600. The van der Waals surface area contributed by atoms with E-state index in [2.05, 4.69) is 53.3 Å². The average Bonchev–Trinajstić information content (AvgIpc) is 2.48. The minimum atomic E-state index is -0.0365. The molecule has 0 amide bonds. The molecule has 0 aliphatic carbocycles. The van der Waals surface area contributed by atoms with Crippen LogP contribution in [0.5, 0.6) is 0 Å². The Kier molecular flexibility index (Phi) is 8.54. The largest absolute Gasteiger partial charge is 0.212 e. The Labute approximate surface area is 131 Å². The zero-order valence-electron chi connectivity index (χ0n) is 15.0. The summed E-state index contributed by atoms with van der Waals surface area (Å²) in [5.74, 6) is 0.0516. The lowest BCUT2D eigenvalue weighted by Gasteiger charge is -2.28. The van der Waals surface area contributed by atoms with Crippen LogP contribution < -0.4 is 0 Å². The number of rotatable bonds is 8. The van der Waals surface area contributed by atoms with Gasteiger partial charge in [-0.25, -0.2) is 4.39 Å². The summed E-state index contributed by atoms with van der Waals surface area (Å²) >= 11 is 0. The molecule has 0 aliphatic heterocycles. The molecule has 0 spiro atoms. The molecule has 0 saturated heterocycles. The molecule has 0 bridgehead atoms. The molecule has 0 aliphatic rings. The normalized spacial score (nSPS) is 16.1. The van der Waals surface area contributed by atoms with Crippen LogP contribution in [0.25, 0.3) is 0 Å². The van der Waals surface area contributed by atoms with Gasteiger partial charge < -0.3 is 0 Å². The van der Waals surface area contributed by atoms with E-state index in [0.717, 1.165) is 24.0 Å². The van der Waals surface area contributed by atoms with Crippen LogP contribution in [-0.2, 0) is 0 Å². The standard InChI is InChI=1S/C20H33F/c1-9-15(4)17(6)18(14-19(21)11-3)12-13-20(7,8)16(5)10-2/h9-10,14,18H,6,11-13H2,1-5,7-8H3/b15-9-,16-10-,19-14+. The number of allylic oxidation sites excluding steroid dienone is 7. The molecule has 0 radical (unpaired) electrons. The van der Waals surface area contributed by atoms with Gasteiger partial charge in [-0.2, -0.15) is 0 Å². The highest BCUT2D eigenvalue weighted by molar-refractivity contribution is 5.31. The average molecular weight is 292 g/mol. The van der Waals surface area contributed by atoms with E-state index in [1.165, 1.54) is 5.57 Å². The predicted octanol–water partition coefficient (Wildman–Crippen LogP) is 7.16. The molecule has 0 nitrogen and oxygen atoms in total. The number of halogens is 1. The van der Waals surface area contributed by atoms with Crippen molar-refractivity contribution in [2.24, 2.45) is 11.3 Å². The van der Waals surface area contributed by atoms with Crippen molar-refractivity contribution in [2.75, 3.05) is 0 Å². The molecule has 0 heterocycles. The maximum atomic E-state index is 13.7. The van der Waals surface area contributed by atoms with Gasteiger partial charge in [-0.3, -0.25) is 0 Å². The van der Waals surface area contributed by atoms with Crippen LogP contribution in [0.2, 0.25) is 0 Å². The van der Waals surface area contributed by atoms with Gasteiger partial charge in [0.25, 0.3) is 0 Å². The lowest BCUT2D eigenvalue weighted by atomic mass is 9.77. The second kappa shape index (κ2) is 9.02. The van der Waals surface area contributed by atoms with Crippen LogP contribution in [0.3, 0.4) is 0 Å². The lowest BCUT2D eigenvalue weighted by molar-refractivity contribution is 0.375. The zero-order chi connectivity index (χ0) is 16.6. The van der Waals surface area contributed by atoms with Crippen molar-refractivity contribution in [2.45, 2.75) is 67.7 Å². The number of hydrogen-bond donors (Lipinski definition) is 0. The van der Waals surface area contributed by atoms with Gasteiger partial charge in [-0.15, -0.1) is 0 Å². The summed E-state index contributed by atoms with van der Waals surface area (Å²) < 4.78 is 13.7. The van der Waals surface area contributed by atoms with Crippen molar-refractivity contribution in [1.29, 1.82) is 0 Å². The molecule has 1 atom stereocenters. The van der Waals surface area contributed by atoms with Crippen LogP contribution in [0.15, 0.2) is 47.4 Å². The molecule has 1 unspecified atom stereocenters. The summed E-state index contributed by atoms with van der Waals surface area (Å²) in [6.07, 6.45) is 8.39. The van der Waals surface area contributed by atoms with Gasteiger partial charge >= 0.3 is 0 Å². The Balaban J connectivity index is 5.15. The van der Waals surface area contributed by atoms with E-state index < -0.39 is 0 Å². The van der Waals surface area contributed by atoms with Crippen LogP contribution in [-0.4, -0.2) is 0 Å². The summed E-state index contributed by atoms with van der Waals surface area (Å²) in [7, 11) is 0. The Morgan fingerprint density at radius 1 is 1.19 bits per heavy atom. The monoisotopic (exact) mass is 292 g/mol. The van der Waals surface area contributed by atoms with Crippen molar-refractivity contribution >= 4 is 0 Å². The summed E-state index contributed by atoms with van der Waals surface area (Å²) in [5.41, 5.74) is 3.72. The minimum Gasteiger partial charge on any atom is -0.212 e. The molecule has 0 N–H and O–H groups in total. The van der Waals surface area contributed by atoms with Crippen molar-refractivity contribution in [3.63, 3.8) is 0 Å². The van der Waals surface area contributed by atoms with Crippen molar-refractivity contribution < 1.29 is 4.39 Å². The predicted molar refractivity (Wildman–Crippen MR) is 94.0 cm³/mol. The van der Waals surface area contributed by atoms with Gasteiger partial charge in [0.05, 0.1) is 5.83 Å². The van der Waals surface area contributed by atoms with E-state index in [-0.39, 0.29) is 17.2 Å². The maximum Gasteiger partial charge on any atom is 0.0963 e. The zero-order valence-corrected chi connectivity index (χ0v) is 15.0. The van der Waals surface area contributed by atoms with E-state index in [4.69, 9.17) is 0 Å². The molecule has 21 heavy (non-hydrogen) atoms. The second-order valence-corrected chi connectivity index (χ2v) is 6.46. The minimum absolute atomic E-state index is 0.0365. The number of hydrogen-bond acceptors (Lipinski definition) is 0. The van der Waals surface area contributed by atoms with Crippen LogP contribution >= 0.6 is 0 Å². The first-order valence-electron chi connectivity index (χ1n) is 8.01. The first-order valence-corrected chi connectivity index (χ1v) is 8.01. The van der Waals surface area contributed by atoms with Crippen LogP contribution in [0, 0.1) is 11.3 Å². The fourth-order valence-corrected chi connectivity index (χ4v) is 2.28. The molecule has 0 aromatic rings. The highest BCUT2D eigenvalue weighted by atomic mass is 19.1. The third kappa shape index (κ3) is 6.46. The Hall–Kier alpha value is -1.11. The summed E-state index contributed by atoms with van der Waals surface area (Å²) in [6, 6.07) is 0. The van der Waals surface area contributed by atoms with Gasteiger partial charge in [-0.05, 0) is 64.0 Å². The van der Waals surface area contributed by atoms with Crippen molar-refractivity contribution in [1.82, 2.24) is 0 Å². The third-order valence-electron chi connectivity index (χ3n) is 4.69. The first-order chi connectivity index (χ1) is 9.69. The highest BCUT2D eigenvalue weighted by Crippen LogP contribution is 2.35. The first kappa shape index (κ1) is 19.9. The molecular weight excluding hydrogens is 259 g/mol. The van der Waals surface area contributed by atoms with Gasteiger partial charge in [0, 0.05) is 5.92 Å². The Morgan fingerprint density at radius 2 is 1.76 bits per heavy atom. The highest BCUT2D eigenvalue weighted by Gasteiger charge is 2.22. The molecule has 0 saturated carbocycles. The SMILES string of the molecule is C=C(/C(C)=C\C)C(/C=C(/F)CC)CCC(C)(C)/C(C)=C\C. The van der Waals surface area contributed by atoms with Crippen molar-refractivity contribution in [3.05, 3.63) is 47.4 Å². The molecule has 120 valence electrons. The van der Waals surface area contributed by atoms with Crippen molar-refractivity contribution in [3.8, 4) is 0 Å². The fourth-order valence-electron chi connectivity index (χ4n) is 2.28. The van der Waals surface area contributed by atoms with E-state index in [9.17, 15) is 4.39 Å². The van der Waals surface area contributed by atoms with Gasteiger partial charge in [0.1, 0.15) is 0 Å². The smallest absolute Gasteiger partial charge is 0.0963 e. The molecular formula is C20H33F. The summed E-state index contributed by atoms with van der Waals surface area (Å²) in [6.45, 7) is 18.8. The molecule has 0 fully saturated rings. The van der Waals surface area contributed by atoms with Crippen LogP contribution in [0.1, 0.15) is 67.7 Å². The topological polar surface area (TPSA) is 0 Å². The third-order valence-corrected chi connectivity index (χ3v) is 4.69. The van der Waals surface area contributed by atoms with Gasteiger partial charge in [0.2, 0.25) is 0 Å². The Morgan fingerprint density at radius 3 is 2.19 bits per heavy atom. The second-order valence-electron chi connectivity index (χ2n) is 6.46. The quantitative estimate of drug-likeness (QED) is 0.329. The van der Waals surface area contributed by atoms with Gasteiger partial charge in [0.15, 0.2) is 0 Å². The molecule has 0 aromatic carbocycles. The summed E-state index contributed by atoms with van der Waals surface area (Å²) in [5, 5.41) is 0. The van der Waals surface area contributed by atoms with E-state index >= 15 is 0 Å². The Bertz CT molecular complexity index is 433. The van der Waals surface area contributed by atoms with E-state index in [0.29, 0.717) is 6.42 Å². The van der Waals surface area contributed by atoms with E-state index in [1.807, 2.05) is 13.8 Å². The molecule has 1 heteroatoms. The summed E-state index contributed by atoms with van der Waals surface area (Å²) in [4.78, 5) is 0. The van der Waals surface area contributed by atoms with Gasteiger partial charge in [-0.1, -0.05) is 50.6 Å². The maximum absolute atomic E-state index is 13.7. The molecule has 0 aromatic heterocycles.